The SMILES string of the molecule is CCc1ccc(-c2ncc(C(=N)N)s2)cc1. The van der Waals surface area contributed by atoms with E-state index >= 15 is 0 Å². The van der Waals surface area contributed by atoms with Gasteiger partial charge in [-0.3, -0.25) is 5.41 Å². The molecule has 82 valence electrons. The van der Waals surface area contributed by atoms with Gasteiger partial charge < -0.3 is 5.73 Å². The number of nitrogen functional groups attached to an aromatic ring is 1. The van der Waals surface area contributed by atoms with Crippen LogP contribution in [-0.4, -0.2) is 10.8 Å². The Morgan fingerprint density at radius 3 is 2.56 bits per heavy atom. The molecule has 1 aromatic carbocycles. The summed E-state index contributed by atoms with van der Waals surface area (Å²) >= 11 is 1.45. The van der Waals surface area contributed by atoms with Crippen LogP contribution in [0.5, 0.6) is 0 Å². The van der Waals surface area contributed by atoms with Gasteiger partial charge in [-0.2, -0.15) is 0 Å². The molecule has 3 N–H and O–H groups in total. The second-order valence-electron chi connectivity index (χ2n) is 3.49. The monoisotopic (exact) mass is 231 g/mol. The summed E-state index contributed by atoms with van der Waals surface area (Å²) in [7, 11) is 0. The van der Waals surface area contributed by atoms with E-state index in [1.807, 2.05) is 0 Å². The van der Waals surface area contributed by atoms with Crippen molar-refractivity contribution in [1.29, 1.82) is 5.41 Å². The van der Waals surface area contributed by atoms with E-state index in [9.17, 15) is 0 Å². The fraction of sp³-hybridized carbons (Fsp3) is 0.167. The third kappa shape index (κ3) is 2.12. The molecule has 0 aliphatic carbocycles. The molecule has 0 amide bonds. The minimum Gasteiger partial charge on any atom is -0.383 e. The minimum absolute atomic E-state index is 0.0777. The average Bonchev–Trinajstić information content (AvgIpc) is 2.78. The third-order valence-corrected chi connectivity index (χ3v) is 3.46. The molecule has 0 spiro atoms. The minimum atomic E-state index is 0.0777. The van der Waals surface area contributed by atoms with Gasteiger partial charge in [0.2, 0.25) is 0 Å². The van der Waals surface area contributed by atoms with Crippen LogP contribution in [0.1, 0.15) is 17.4 Å². The van der Waals surface area contributed by atoms with Crippen molar-refractivity contribution in [2.75, 3.05) is 0 Å². The van der Waals surface area contributed by atoms with Crippen LogP contribution >= 0.6 is 11.3 Å². The molecule has 0 unspecified atom stereocenters. The molecule has 0 fully saturated rings. The summed E-state index contributed by atoms with van der Waals surface area (Å²) in [5, 5.41) is 8.23. The van der Waals surface area contributed by atoms with Crippen molar-refractivity contribution in [2.24, 2.45) is 5.73 Å². The van der Waals surface area contributed by atoms with E-state index in [4.69, 9.17) is 11.1 Å². The molecule has 2 rings (SSSR count). The Hall–Kier alpha value is -1.68. The Kier molecular flexibility index (Phi) is 3.01. The maximum atomic E-state index is 7.32. The highest BCUT2D eigenvalue weighted by molar-refractivity contribution is 7.16. The summed E-state index contributed by atoms with van der Waals surface area (Å²) in [6, 6.07) is 8.32. The van der Waals surface area contributed by atoms with Crippen LogP contribution < -0.4 is 5.73 Å². The molecule has 16 heavy (non-hydrogen) atoms. The van der Waals surface area contributed by atoms with Gasteiger partial charge in [0.1, 0.15) is 10.8 Å². The van der Waals surface area contributed by atoms with Gasteiger partial charge in [-0.25, -0.2) is 4.98 Å². The van der Waals surface area contributed by atoms with E-state index < -0.39 is 0 Å². The molecule has 2 aromatic rings. The zero-order chi connectivity index (χ0) is 11.5. The first kappa shape index (κ1) is 10.8. The molecule has 0 radical (unpaired) electrons. The third-order valence-electron chi connectivity index (χ3n) is 2.38. The molecule has 0 saturated heterocycles. The molecule has 0 aliphatic rings. The van der Waals surface area contributed by atoms with Crippen LogP contribution in [0.3, 0.4) is 0 Å². The van der Waals surface area contributed by atoms with Crippen molar-refractivity contribution >= 4 is 17.2 Å². The van der Waals surface area contributed by atoms with Crippen molar-refractivity contribution in [3.05, 3.63) is 40.9 Å². The Morgan fingerprint density at radius 1 is 1.38 bits per heavy atom. The van der Waals surface area contributed by atoms with Gasteiger partial charge in [0.15, 0.2) is 0 Å². The van der Waals surface area contributed by atoms with Gasteiger partial charge in [-0.1, -0.05) is 31.2 Å². The highest BCUT2D eigenvalue weighted by atomic mass is 32.1. The number of amidine groups is 1. The van der Waals surface area contributed by atoms with Crippen molar-refractivity contribution < 1.29 is 0 Å². The quantitative estimate of drug-likeness (QED) is 0.630. The maximum Gasteiger partial charge on any atom is 0.134 e. The maximum absolute atomic E-state index is 7.32. The summed E-state index contributed by atoms with van der Waals surface area (Å²) in [4.78, 5) is 4.98. The Labute approximate surface area is 98.5 Å². The van der Waals surface area contributed by atoms with Crippen molar-refractivity contribution in [1.82, 2.24) is 4.98 Å². The highest BCUT2D eigenvalue weighted by Crippen LogP contribution is 2.25. The predicted molar refractivity (Wildman–Crippen MR) is 67.9 cm³/mol. The number of nitrogens with one attached hydrogen (secondary N) is 1. The van der Waals surface area contributed by atoms with E-state index in [1.54, 1.807) is 6.20 Å². The fourth-order valence-electron chi connectivity index (χ4n) is 1.42. The van der Waals surface area contributed by atoms with Crippen LogP contribution in [0.4, 0.5) is 0 Å². The molecule has 3 nitrogen and oxygen atoms in total. The molecule has 0 bridgehead atoms. The first-order chi connectivity index (χ1) is 7.70. The van der Waals surface area contributed by atoms with Gasteiger partial charge in [0.05, 0.1) is 4.88 Å². The van der Waals surface area contributed by atoms with Crippen molar-refractivity contribution in [3.8, 4) is 10.6 Å². The number of hydrogen-bond acceptors (Lipinski definition) is 3. The average molecular weight is 231 g/mol. The van der Waals surface area contributed by atoms with Gasteiger partial charge >= 0.3 is 0 Å². The van der Waals surface area contributed by atoms with Crippen LogP contribution in [-0.2, 0) is 6.42 Å². The molecule has 0 aliphatic heterocycles. The lowest BCUT2D eigenvalue weighted by atomic mass is 10.1. The van der Waals surface area contributed by atoms with Gasteiger partial charge in [0, 0.05) is 11.8 Å². The lowest BCUT2D eigenvalue weighted by molar-refractivity contribution is 1.14. The van der Waals surface area contributed by atoms with Crippen LogP contribution in [0.15, 0.2) is 30.5 Å². The molecular formula is C12H13N3S. The highest BCUT2D eigenvalue weighted by Gasteiger charge is 2.06. The number of nitrogens with zero attached hydrogens (tertiary/aromatic N) is 1. The molecule has 0 saturated carbocycles. The number of hydrogen-bond donors (Lipinski definition) is 2. The van der Waals surface area contributed by atoms with E-state index in [-0.39, 0.29) is 5.84 Å². The summed E-state index contributed by atoms with van der Waals surface area (Å²) in [6.07, 6.45) is 2.69. The number of aryl methyl sites for hydroxylation is 1. The van der Waals surface area contributed by atoms with Crippen molar-refractivity contribution in [2.45, 2.75) is 13.3 Å². The predicted octanol–water partition coefficient (Wildman–Crippen LogP) is 2.66. The van der Waals surface area contributed by atoms with Crippen molar-refractivity contribution in [3.63, 3.8) is 0 Å². The first-order valence-electron chi connectivity index (χ1n) is 5.10. The molecule has 0 atom stereocenters. The van der Waals surface area contributed by atoms with Gasteiger partial charge in [0.25, 0.3) is 0 Å². The molecule has 4 heteroatoms. The first-order valence-corrected chi connectivity index (χ1v) is 5.92. The summed E-state index contributed by atoms with van der Waals surface area (Å²) in [5.74, 6) is 0.0777. The summed E-state index contributed by atoms with van der Waals surface area (Å²) < 4.78 is 0. The normalized spacial score (nSPS) is 10.3. The fourth-order valence-corrected chi connectivity index (χ4v) is 2.20. The number of rotatable bonds is 3. The molecule has 1 heterocycles. The number of aromatic nitrogens is 1. The summed E-state index contributed by atoms with van der Waals surface area (Å²) in [6.45, 7) is 2.13. The summed E-state index contributed by atoms with van der Waals surface area (Å²) in [5.41, 5.74) is 7.80. The number of nitrogens with two attached hydrogens (primary N) is 1. The second kappa shape index (κ2) is 4.45. The molecular weight excluding hydrogens is 218 g/mol. The Morgan fingerprint density at radius 2 is 2.06 bits per heavy atom. The van der Waals surface area contributed by atoms with E-state index in [2.05, 4.69) is 36.2 Å². The molecule has 1 aromatic heterocycles. The van der Waals surface area contributed by atoms with E-state index in [0.717, 1.165) is 21.9 Å². The lowest BCUT2D eigenvalue weighted by Crippen LogP contribution is -2.08. The van der Waals surface area contributed by atoms with E-state index in [1.165, 1.54) is 16.9 Å². The van der Waals surface area contributed by atoms with Crippen LogP contribution in [0.25, 0.3) is 10.6 Å². The van der Waals surface area contributed by atoms with Crippen LogP contribution in [0, 0.1) is 5.41 Å². The zero-order valence-electron chi connectivity index (χ0n) is 9.03. The lowest BCUT2D eigenvalue weighted by Gasteiger charge is -1.98. The smallest absolute Gasteiger partial charge is 0.134 e. The largest absolute Gasteiger partial charge is 0.383 e. The Bertz CT molecular complexity index is 499. The standard InChI is InChI=1S/C12H13N3S/c1-2-8-3-5-9(6-4-8)12-15-7-10(16-12)11(13)14/h3-7H,2H2,1H3,(H3,13,14). The van der Waals surface area contributed by atoms with Gasteiger partial charge in [-0.05, 0) is 12.0 Å². The van der Waals surface area contributed by atoms with Gasteiger partial charge in [-0.15, -0.1) is 11.3 Å². The number of thiazole rings is 1. The number of benzene rings is 1. The second-order valence-corrected chi connectivity index (χ2v) is 4.52. The Balaban J connectivity index is 2.31. The topological polar surface area (TPSA) is 62.8 Å². The van der Waals surface area contributed by atoms with E-state index in [0.29, 0.717) is 0 Å². The zero-order valence-corrected chi connectivity index (χ0v) is 9.84. The van der Waals surface area contributed by atoms with Crippen LogP contribution in [0.2, 0.25) is 0 Å².